The van der Waals surface area contributed by atoms with Gasteiger partial charge in [-0.25, -0.2) is 0 Å². The van der Waals surface area contributed by atoms with Crippen LogP contribution in [0.15, 0.2) is 41.5 Å². The quantitative estimate of drug-likeness (QED) is 0.676. The van der Waals surface area contributed by atoms with Crippen LogP contribution in [-0.2, 0) is 6.42 Å². The van der Waals surface area contributed by atoms with Crippen LogP contribution in [0.5, 0.6) is 0 Å². The predicted molar refractivity (Wildman–Crippen MR) is 92.1 cm³/mol. The summed E-state index contributed by atoms with van der Waals surface area (Å²) in [5.41, 5.74) is 9.32. The third-order valence-electron chi connectivity index (χ3n) is 4.18. The van der Waals surface area contributed by atoms with Crippen LogP contribution in [-0.4, -0.2) is 10.6 Å². The van der Waals surface area contributed by atoms with Crippen molar-refractivity contribution < 1.29 is 4.92 Å². The molecule has 3 rings (SSSR count). The van der Waals surface area contributed by atoms with Gasteiger partial charge in [0.15, 0.2) is 0 Å². The maximum absolute atomic E-state index is 11.1. The highest BCUT2D eigenvalue weighted by atomic mass is 16.6. The van der Waals surface area contributed by atoms with Crippen molar-refractivity contribution in [2.75, 3.05) is 5.43 Å². The molecule has 0 radical (unpaired) electrons. The van der Waals surface area contributed by atoms with Crippen LogP contribution in [0.2, 0.25) is 0 Å². The van der Waals surface area contributed by atoms with Gasteiger partial charge in [-0.1, -0.05) is 23.8 Å². The summed E-state index contributed by atoms with van der Waals surface area (Å²) in [6, 6.07) is 10.9. The number of aryl methyl sites for hydroxylation is 2. The summed E-state index contributed by atoms with van der Waals surface area (Å²) < 4.78 is 0. The zero-order chi connectivity index (χ0) is 16.4. The SMILES string of the molecule is Cc1cc(C)c2c(c1)C(=NNc1ccccc1[N+](=O)[O-])CCC2. The molecule has 0 heterocycles. The number of anilines is 1. The Labute approximate surface area is 135 Å². The normalized spacial score (nSPS) is 15.3. The van der Waals surface area contributed by atoms with Gasteiger partial charge < -0.3 is 0 Å². The van der Waals surface area contributed by atoms with E-state index in [4.69, 9.17) is 0 Å². The van der Waals surface area contributed by atoms with Crippen LogP contribution in [0.1, 0.15) is 35.1 Å². The van der Waals surface area contributed by atoms with Crippen LogP contribution in [0.3, 0.4) is 0 Å². The summed E-state index contributed by atoms with van der Waals surface area (Å²) in [4.78, 5) is 10.7. The number of nitrogens with one attached hydrogen (secondary N) is 1. The minimum absolute atomic E-state index is 0.0355. The van der Waals surface area contributed by atoms with E-state index >= 15 is 0 Å². The lowest BCUT2D eigenvalue weighted by atomic mass is 9.86. The smallest absolute Gasteiger partial charge is 0.271 e. The van der Waals surface area contributed by atoms with Gasteiger partial charge in [-0.15, -0.1) is 0 Å². The van der Waals surface area contributed by atoms with Crippen LogP contribution >= 0.6 is 0 Å². The fourth-order valence-corrected chi connectivity index (χ4v) is 3.13. The molecule has 1 N–H and O–H groups in total. The highest BCUT2D eigenvalue weighted by molar-refractivity contribution is 6.03. The average molecular weight is 309 g/mol. The Morgan fingerprint density at radius 3 is 2.74 bits per heavy atom. The second-order valence-corrected chi connectivity index (χ2v) is 5.91. The van der Waals surface area contributed by atoms with Gasteiger partial charge in [0.25, 0.3) is 5.69 Å². The predicted octanol–water partition coefficient (Wildman–Crippen LogP) is 4.36. The lowest BCUT2D eigenvalue weighted by Crippen LogP contribution is -2.15. The molecule has 0 aromatic heterocycles. The Balaban J connectivity index is 1.96. The molecule has 0 saturated carbocycles. The van der Waals surface area contributed by atoms with Crippen molar-refractivity contribution in [3.8, 4) is 0 Å². The van der Waals surface area contributed by atoms with Gasteiger partial charge in [0.05, 0.1) is 10.6 Å². The molecule has 23 heavy (non-hydrogen) atoms. The van der Waals surface area contributed by atoms with Crippen LogP contribution in [0.25, 0.3) is 0 Å². The van der Waals surface area contributed by atoms with Crippen molar-refractivity contribution in [2.24, 2.45) is 5.10 Å². The standard InChI is InChI=1S/C18H19N3O2/c1-12-10-13(2)14-6-5-8-16(15(14)11-12)19-20-17-7-3-4-9-18(17)21(22)23/h3-4,7,9-11,20H,5-6,8H2,1-2H3. The van der Waals surface area contributed by atoms with Crippen molar-refractivity contribution in [2.45, 2.75) is 33.1 Å². The molecule has 118 valence electrons. The first-order valence-corrected chi connectivity index (χ1v) is 7.73. The molecule has 0 aliphatic heterocycles. The number of nitro groups is 1. The number of para-hydroxylation sites is 2. The largest absolute Gasteiger partial charge is 0.294 e. The highest BCUT2D eigenvalue weighted by Crippen LogP contribution is 2.27. The van der Waals surface area contributed by atoms with E-state index in [0.29, 0.717) is 5.69 Å². The van der Waals surface area contributed by atoms with Crippen molar-refractivity contribution in [1.29, 1.82) is 0 Å². The number of hydrogen-bond acceptors (Lipinski definition) is 4. The first-order valence-electron chi connectivity index (χ1n) is 7.73. The summed E-state index contributed by atoms with van der Waals surface area (Å²) in [6.45, 7) is 4.21. The van der Waals surface area contributed by atoms with E-state index in [-0.39, 0.29) is 5.69 Å². The number of benzene rings is 2. The minimum Gasteiger partial charge on any atom is -0.271 e. The third-order valence-corrected chi connectivity index (χ3v) is 4.18. The Bertz CT molecular complexity index is 797. The number of hydrogen-bond donors (Lipinski definition) is 1. The number of nitro benzene ring substituents is 1. The maximum atomic E-state index is 11.1. The van der Waals surface area contributed by atoms with Crippen LogP contribution < -0.4 is 5.43 Å². The summed E-state index contributed by atoms with van der Waals surface area (Å²) in [5, 5.41) is 15.6. The van der Waals surface area contributed by atoms with Crippen molar-refractivity contribution >= 4 is 17.1 Å². The van der Waals surface area contributed by atoms with Gasteiger partial charge in [0, 0.05) is 11.6 Å². The molecular formula is C18H19N3O2. The molecule has 2 aromatic rings. The average Bonchev–Trinajstić information content (AvgIpc) is 2.53. The van der Waals surface area contributed by atoms with E-state index < -0.39 is 4.92 Å². The third kappa shape index (κ3) is 3.08. The zero-order valence-electron chi connectivity index (χ0n) is 13.3. The number of rotatable bonds is 3. The lowest BCUT2D eigenvalue weighted by molar-refractivity contribution is -0.384. The Hall–Kier alpha value is -2.69. The Morgan fingerprint density at radius 2 is 1.96 bits per heavy atom. The lowest BCUT2D eigenvalue weighted by Gasteiger charge is -2.21. The van der Waals surface area contributed by atoms with Gasteiger partial charge in [-0.3, -0.25) is 15.5 Å². The number of fused-ring (bicyclic) bond motifs is 1. The second-order valence-electron chi connectivity index (χ2n) is 5.91. The molecular weight excluding hydrogens is 290 g/mol. The van der Waals surface area contributed by atoms with E-state index in [1.54, 1.807) is 18.2 Å². The van der Waals surface area contributed by atoms with Crippen LogP contribution in [0, 0.1) is 24.0 Å². The topological polar surface area (TPSA) is 67.5 Å². The molecule has 0 unspecified atom stereocenters. The second kappa shape index (κ2) is 6.20. The molecule has 2 aromatic carbocycles. The first-order chi connectivity index (χ1) is 11.1. The molecule has 0 spiro atoms. The Kier molecular flexibility index (Phi) is 4.10. The molecule has 0 fully saturated rings. The fourth-order valence-electron chi connectivity index (χ4n) is 3.13. The van der Waals surface area contributed by atoms with E-state index in [1.165, 1.54) is 28.3 Å². The summed E-state index contributed by atoms with van der Waals surface area (Å²) in [7, 11) is 0. The Morgan fingerprint density at radius 1 is 1.17 bits per heavy atom. The van der Waals surface area contributed by atoms with Gasteiger partial charge in [-0.2, -0.15) is 5.10 Å². The molecule has 0 amide bonds. The molecule has 5 heteroatoms. The van der Waals surface area contributed by atoms with Gasteiger partial charge in [0.2, 0.25) is 0 Å². The number of hydrazone groups is 1. The van der Waals surface area contributed by atoms with E-state index in [9.17, 15) is 10.1 Å². The van der Waals surface area contributed by atoms with Crippen molar-refractivity contribution in [3.63, 3.8) is 0 Å². The highest BCUT2D eigenvalue weighted by Gasteiger charge is 2.18. The molecule has 1 aliphatic rings. The molecule has 0 bridgehead atoms. The molecule has 1 aliphatic carbocycles. The molecule has 0 atom stereocenters. The zero-order valence-corrected chi connectivity index (χ0v) is 13.3. The van der Waals surface area contributed by atoms with E-state index in [2.05, 4.69) is 36.5 Å². The van der Waals surface area contributed by atoms with Gasteiger partial charge >= 0.3 is 0 Å². The molecule has 5 nitrogen and oxygen atoms in total. The monoisotopic (exact) mass is 309 g/mol. The molecule has 0 saturated heterocycles. The summed E-state index contributed by atoms with van der Waals surface area (Å²) in [6.07, 6.45) is 2.99. The van der Waals surface area contributed by atoms with E-state index in [0.717, 1.165) is 25.0 Å². The van der Waals surface area contributed by atoms with Crippen molar-refractivity contribution in [3.05, 3.63) is 68.8 Å². The maximum Gasteiger partial charge on any atom is 0.294 e. The summed E-state index contributed by atoms with van der Waals surface area (Å²) in [5.74, 6) is 0. The van der Waals surface area contributed by atoms with Crippen molar-refractivity contribution in [1.82, 2.24) is 0 Å². The first kappa shape index (κ1) is 15.2. The minimum atomic E-state index is -0.397. The summed E-state index contributed by atoms with van der Waals surface area (Å²) >= 11 is 0. The van der Waals surface area contributed by atoms with Gasteiger partial charge in [0.1, 0.15) is 5.69 Å². The van der Waals surface area contributed by atoms with E-state index in [1.807, 2.05) is 0 Å². The van der Waals surface area contributed by atoms with Crippen LogP contribution in [0.4, 0.5) is 11.4 Å². The van der Waals surface area contributed by atoms with Gasteiger partial charge in [-0.05, 0) is 56.4 Å². The fraction of sp³-hybridized carbons (Fsp3) is 0.278. The number of nitrogens with zero attached hydrogens (tertiary/aromatic N) is 2.